The van der Waals surface area contributed by atoms with Gasteiger partial charge in [0.05, 0.1) is 13.2 Å². The van der Waals surface area contributed by atoms with Crippen molar-refractivity contribution in [1.82, 2.24) is 4.90 Å². The first-order chi connectivity index (χ1) is 10.3. The molecule has 2 heterocycles. The van der Waals surface area contributed by atoms with Gasteiger partial charge >= 0.3 is 0 Å². The van der Waals surface area contributed by atoms with Crippen LogP contribution in [-0.2, 0) is 4.74 Å². The highest BCUT2D eigenvalue weighted by atomic mass is 16.5. The maximum Gasteiger partial charge on any atom is 0.196 e. The standard InChI is InChI=1S/C18H17NO2/c1-13-12-17(19-8-10-20-11-9-19)21-18-15(13)7-6-14-4-2-3-5-16(14)18/h2-7,12H,1,8-11H2. The number of morpholine rings is 1. The number of rotatable bonds is 1. The van der Waals surface area contributed by atoms with E-state index in [0.717, 1.165) is 54.5 Å². The molecular formula is C18H17NO2. The van der Waals surface area contributed by atoms with Crippen molar-refractivity contribution in [2.75, 3.05) is 26.3 Å². The van der Waals surface area contributed by atoms with E-state index < -0.39 is 0 Å². The van der Waals surface area contributed by atoms with E-state index in [2.05, 4.69) is 35.7 Å². The average molecular weight is 279 g/mol. The number of hydrogen-bond donors (Lipinski definition) is 0. The van der Waals surface area contributed by atoms with Gasteiger partial charge in [-0.1, -0.05) is 43.0 Å². The van der Waals surface area contributed by atoms with Gasteiger partial charge in [0.2, 0.25) is 0 Å². The van der Waals surface area contributed by atoms with Gasteiger partial charge in [-0.15, -0.1) is 0 Å². The first-order valence-corrected chi connectivity index (χ1v) is 7.26. The Hall–Kier alpha value is -2.26. The molecule has 2 aliphatic rings. The van der Waals surface area contributed by atoms with Crippen LogP contribution < -0.4 is 4.74 Å². The van der Waals surface area contributed by atoms with Crippen molar-refractivity contribution in [2.45, 2.75) is 0 Å². The summed E-state index contributed by atoms with van der Waals surface area (Å²) in [7, 11) is 0. The van der Waals surface area contributed by atoms with Gasteiger partial charge in [-0.2, -0.15) is 0 Å². The number of benzene rings is 2. The summed E-state index contributed by atoms with van der Waals surface area (Å²) in [5, 5.41) is 2.32. The van der Waals surface area contributed by atoms with Gasteiger partial charge in [-0.25, -0.2) is 0 Å². The van der Waals surface area contributed by atoms with Crippen molar-refractivity contribution in [2.24, 2.45) is 0 Å². The Kier molecular flexibility index (Phi) is 2.93. The molecule has 0 aliphatic carbocycles. The quantitative estimate of drug-likeness (QED) is 0.798. The minimum absolute atomic E-state index is 0.746. The van der Waals surface area contributed by atoms with Crippen molar-refractivity contribution in [3.8, 4) is 5.75 Å². The predicted octanol–water partition coefficient (Wildman–Crippen LogP) is 3.42. The van der Waals surface area contributed by atoms with E-state index in [9.17, 15) is 0 Å². The smallest absolute Gasteiger partial charge is 0.196 e. The van der Waals surface area contributed by atoms with Crippen LogP contribution in [0.15, 0.2) is 54.9 Å². The van der Waals surface area contributed by atoms with Gasteiger partial charge in [-0.05, 0) is 11.0 Å². The van der Waals surface area contributed by atoms with Crippen LogP contribution in [0.2, 0.25) is 0 Å². The zero-order chi connectivity index (χ0) is 14.2. The number of allylic oxidation sites excluding steroid dienone is 2. The van der Waals surface area contributed by atoms with E-state index in [-0.39, 0.29) is 0 Å². The lowest BCUT2D eigenvalue weighted by Gasteiger charge is -2.33. The number of fused-ring (bicyclic) bond motifs is 3. The maximum absolute atomic E-state index is 6.23. The summed E-state index contributed by atoms with van der Waals surface area (Å²) in [6.45, 7) is 7.40. The van der Waals surface area contributed by atoms with Crippen LogP contribution in [0.4, 0.5) is 0 Å². The molecule has 21 heavy (non-hydrogen) atoms. The van der Waals surface area contributed by atoms with Crippen molar-refractivity contribution in [3.05, 3.63) is 60.5 Å². The van der Waals surface area contributed by atoms with Gasteiger partial charge in [0.15, 0.2) is 5.88 Å². The molecule has 3 heteroatoms. The van der Waals surface area contributed by atoms with E-state index in [1.165, 1.54) is 5.39 Å². The first-order valence-electron chi connectivity index (χ1n) is 7.26. The third-order valence-electron chi connectivity index (χ3n) is 4.05. The monoisotopic (exact) mass is 279 g/mol. The van der Waals surface area contributed by atoms with Crippen LogP contribution in [0.3, 0.4) is 0 Å². The lowest BCUT2D eigenvalue weighted by molar-refractivity contribution is 0.0349. The minimum atomic E-state index is 0.746. The average Bonchev–Trinajstić information content (AvgIpc) is 2.55. The number of ether oxygens (including phenoxy) is 2. The van der Waals surface area contributed by atoms with Crippen LogP contribution in [0.25, 0.3) is 16.3 Å². The molecule has 0 unspecified atom stereocenters. The van der Waals surface area contributed by atoms with E-state index in [0.29, 0.717) is 0 Å². The topological polar surface area (TPSA) is 21.7 Å². The molecule has 4 rings (SSSR count). The highest BCUT2D eigenvalue weighted by Crippen LogP contribution is 2.39. The molecule has 0 bridgehead atoms. The molecule has 0 spiro atoms. The van der Waals surface area contributed by atoms with Crippen LogP contribution in [-0.4, -0.2) is 31.2 Å². The highest BCUT2D eigenvalue weighted by molar-refractivity contribution is 5.95. The van der Waals surface area contributed by atoms with Crippen LogP contribution in [0.1, 0.15) is 5.56 Å². The van der Waals surface area contributed by atoms with Crippen molar-refractivity contribution in [1.29, 1.82) is 0 Å². The maximum atomic E-state index is 6.23. The lowest BCUT2D eigenvalue weighted by atomic mass is 9.99. The third kappa shape index (κ3) is 2.10. The Morgan fingerprint density at radius 2 is 1.81 bits per heavy atom. The minimum Gasteiger partial charge on any atom is -0.440 e. The molecule has 0 N–H and O–H groups in total. The van der Waals surface area contributed by atoms with Crippen LogP contribution >= 0.6 is 0 Å². The fraction of sp³-hybridized carbons (Fsp3) is 0.222. The largest absolute Gasteiger partial charge is 0.440 e. The molecule has 0 radical (unpaired) electrons. The van der Waals surface area contributed by atoms with Crippen LogP contribution in [0, 0.1) is 0 Å². The molecule has 2 aromatic rings. The SMILES string of the molecule is C=C1C=C(N2CCOCC2)Oc2c1ccc1ccccc21. The number of hydrogen-bond acceptors (Lipinski definition) is 3. The molecular weight excluding hydrogens is 262 g/mol. The first kappa shape index (κ1) is 12.5. The molecule has 0 atom stereocenters. The molecule has 3 nitrogen and oxygen atoms in total. The molecule has 2 aromatic carbocycles. The molecule has 0 saturated carbocycles. The van der Waals surface area contributed by atoms with Crippen molar-refractivity contribution >= 4 is 16.3 Å². The zero-order valence-corrected chi connectivity index (χ0v) is 11.8. The van der Waals surface area contributed by atoms with Crippen molar-refractivity contribution < 1.29 is 9.47 Å². The summed E-state index contributed by atoms with van der Waals surface area (Å²) >= 11 is 0. The summed E-state index contributed by atoms with van der Waals surface area (Å²) < 4.78 is 11.6. The summed E-state index contributed by atoms with van der Waals surface area (Å²) in [6.07, 6.45) is 2.03. The van der Waals surface area contributed by atoms with Crippen LogP contribution in [0.5, 0.6) is 5.75 Å². The second-order valence-corrected chi connectivity index (χ2v) is 5.37. The molecule has 1 fully saturated rings. The Balaban J connectivity index is 1.79. The zero-order valence-electron chi connectivity index (χ0n) is 11.8. The van der Waals surface area contributed by atoms with Gasteiger partial charge in [-0.3, -0.25) is 0 Å². The van der Waals surface area contributed by atoms with E-state index >= 15 is 0 Å². The summed E-state index contributed by atoms with van der Waals surface area (Å²) in [6, 6.07) is 12.5. The second kappa shape index (κ2) is 4.93. The summed E-state index contributed by atoms with van der Waals surface area (Å²) in [5.41, 5.74) is 2.08. The van der Waals surface area contributed by atoms with E-state index in [1.807, 2.05) is 18.2 Å². The van der Waals surface area contributed by atoms with E-state index in [4.69, 9.17) is 9.47 Å². The molecule has 0 aromatic heterocycles. The summed E-state index contributed by atoms with van der Waals surface area (Å²) in [5.74, 6) is 1.80. The fourth-order valence-corrected chi connectivity index (χ4v) is 2.91. The lowest BCUT2D eigenvalue weighted by Crippen LogP contribution is -2.37. The second-order valence-electron chi connectivity index (χ2n) is 5.37. The Labute approximate surface area is 124 Å². The highest BCUT2D eigenvalue weighted by Gasteiger charge is 2.23. The summed E-state index contributed by atoms with van der Waals surface area (Å²) in [4.78, 5) is 2.22. The molecule has 0 amide bonds. The fourth-order valence-electron chi connectivity index (χ4n) is 2.91. The van der Waals surface area contributed by atoms with Crippen molar-refractivity contribution in [3.63, 3.8) is 0 Å². The number of nitrogens with zero attached hydrogens (tertiary/aromatic N) is 1. The van der Waals surface area contributed by atoms with Gasteiger partial charge in [0, 0.05) is 30.1 Å². The van der Waals surface area contributed by atoms with Gasteiger partial charge in [0.1, 0.15) is 5.75 Å². The molecule has 1 saturated heterocycles. The Morgan fingerprint density at radius 3 is 2.67 bits per heavy atom. The van der Waals surface area contributed by atoms with Gasteiger partial charge < -0.3 is 14.4 Å². The predicted molar refractivity (Wildman–Crippen MR) is 84.1 cm³/mol. The Morgan fingerprint density at radius 1 is 1.00 bits per heavy atom. The van der Waals surface area contributed by atoms with E-state index in [1.54, 1.807) is 0 Å². The molecule has 106 valence electrons. The third-order valence-corrected chi connectivity index (χ3v) is 4.05. The Bertz CT molecular complexity index is 742. The normalized spacial score (nSPS) is 18.2. The molecule has 2 aliphatic heterocycles. The van der Waals surface area contributed by atoms with Gasteiger partial charge in [0.25, 0.3) is 0 Å².